The fourth-order valence-electron chi connectivity index (χ4n) is 2.47. The average Bonchev–Trinajstić information content (AvgIpc) is 2.42. The Morgan fingerprint density at radius 1 is 1.30 bits per heavy atom. The van der Waals surface area contributed by atoms with Crippen LogP contribution in [0, 0.1) is 0 Å². The van der Waals surface area contributed by atoms with Gasteiger partial charge in [-0.15, -0.1) is 0 Å². The highest BCUT2D eigenvalue weighted by Gasteiger charge is 2.37. The van der Waals surface area contributed by atoms with Crippen LogP contribution in [-0.2, 0) is 15.9 Å². The van der Waals surface area contributed by atoms with Crippen LogP contribution in [0.3, 0.4) is 0 Å². The summed E-state index contributed by atoms with van der Waals surface area (Å²) in [6, 6.07) is 5.56. The number of hydrogen-bond donors (Lipinski definition) is 2. The van der Waals surface area contributed by atoms with Crippen LogP contribution in [0.4, 0.5) is 10.5 Å². The van der Waals surface area contributed by atoms with Crippen molar-refractivity contribution in [1.29, 1.82) is 0 Å². The predicted octanol–water partition coefficient (Wildman–Crippen LogP) is 2.57. The van der Waals surface area contributed by atoms with E-state index in [0.717, 1.165) is 24.4 Å². The van der Waals surface area contributed by atoms with E-state index in [9.17, 15) is 4.79 Å². The summed E-state index contributed by atoms with van der Waals surface area (Å²) in [4.78, 5) is 12.0. The standard InChI is InChI=1S/C17H26N2O4/c1-16(2,3)23-15(20)19-14-7-6-13(21-4)8-12(14)9-17(22-5)10-18-11-17/h6-8,18H,9-11H2,1-5H3,(H,19,20). The molecule has 128 valence electrons. The van der Waals surface area contributed by atoms with Crippen molar-refractivity contribution in [3.05, 3.63) is 23.8 Å². The third-order valence-electron chi connectivity index (χ3n) is 3.79. The van der Waals surface area contributed by atoms with Crippen LogP contribution in [0.1, 0.15) is 26.3 Å². The van der Waals surface area contributed by atoms with Gasteiger partial charge in [0.25, 0.3) is 0 Å². The minimum Gasteiger partial charge on any atom is -0.497 e. The average molecular weight is 322 g/mol. The quantitative estimate of drug-likeness (QED) is 0.872. The Labute approximate surface area is 137 Å². The first-order valence-corrected chi connectivity index (χ1v) is 7.70. The molecule has 1 aromatic carbocycles. The van der Waals surface area contributed by atoms with Gasteiger partial charge in [-0.3, -0.25) is 5.32 Å². The van der Waals surface area contributed by atoms with Crippen LogP contribution in [0.5, 0.6) is 5.75 Å². The van der Waals surface area contributed by atoms with Crippen LogP contribution in [0.25, 0.3) is 0 Å². The Bertz CT molecular complexity index is 557. The van der Waals surface area contributed by atoms with Crippen molar-refractivity contribution in [1.82, 2.24) is 5.32 Å². The molecule has 1 heterocycles. The molecule has 23 heavy (non-hydrogen) atoms. The molecule has 0 radical (unpaired) electrons. The largest absolute Gasteiger partial charge is 0.497 e. The molecule has 1 aliphatic heterocycles. The molecule has 1 saturated heterocycles. The van der Waals surface area contributed by atoms with E-state index in [-0.39, 0.29) is 5.60 Å². The van der Waals surface area contributed by atoms with Gasteiger partial charge in [0, 0.05) is 32.3 Å². The molecule has 0 aromatic heterocycles. The number of carbonyl (C=O) groups is 1. The first-order chi connectivity index (χ1) is 10.8. The highest BCUT2D eigenvalue weighted by Crippen LogP contribution is 2.29. The van der Waals surface area contributed by atoms with Crippen LogP contribution < -0.4 is 15.4 Å². The number of carbonyl (C=O) groups excluding carboxylic acids is 1. The van der Waals surface area contributed by atoms with E-state index >= 15 is 0 Å². The van der Waals surface area contributed by atoms with Crippen LogP contribution in [0.15, 0.2) is 18.2 Å². The molecule has 0 spiro atoms. The first kappa shape index (κ1) is 17.6. The Balaban J connectivity index is 2.19. The number of nitrogens with one attached hydrogen (secondary N) is 2. The van der Waals surface area contributed by atoms with Crippen molar-refractivity contribution in [3.8, 4) is 5.75 Å². The molecule has 0 aliphatic carbocycles. The molecule has 1 aromatic rings. The van der Waals surface area contributed by atoms with Gasteiger partial charge >= 0.3 is 6.09 Å². The summed E-state index contributed by atoms with van der Waals surface area (Å²) in [5.74, 6) is 0.744. The number of amides is 1. The molecule has 0 bridgehead atoms. The van der Waals surface area contributed by atoms with Gasteiger partial charge in [-0.05, 0) is 44.5 Å². The molecule has 0 saturated carbocycles. The van der Waals surface area contributed by atoms with E-state index in [1.54, 1.807) is 14.2 Å². The van der Waals surface area contributed by atoms with Gasteiger partial charge in [-0.25, -0.2) is 4.79 Å². The molecular weight excluding hydrogens is 296 g/mol. The van der Waals surface area contributed by atoms with E-state index in [2.05, 4.69) is 10.6 Å². The van der Waals surface area contributed by atoms with E-state index in [0.29, 0.717) is 12.1 Å². The zero-order valence-electron chi connectivity index (χ0n) is 14.5. The Morgan fingerprint density at radius 2 is 2.00 bits per heavy atom. The number of benzene rings is 1. The fraction of sp³-hybridized carbons (Fsp3) is 0.588. The second-order valence-corrected chi connectivity index (χ2v) is 6.82. The Kier molecular flexibility index (Phi) is 5.16. The molecule has 0 atom stereocenters. The SMILES string of the molecule is COc1ccc(NC(=O)OC(C)(C)C)c(CC2(OC)CNC2)c1. The van der Waals surface area contributed by atoms with Gasteiger partial charge in [0.1, 0.15) is 11.4 Å². The summed E-state index contributed by atoms with van der Waals surface area (Å²) in [5.41, 5.74) is 0.890. The molecule has 1 fully saturated rings. The number of hydrogen-bond acceptors (Lipinski definition) is 5. The first-order valence-electron chi connectivity index (χ1n) is 7.70. The minimum atomic E-state index is -0.539. The summed E-state index contributed by atoms with van der Waals surface area (Å²) < 4.78 is 16.3. The molecule has 0 unspecified atom stereocenters. The van der Waals surface area contributed by atoms with Gasteiger partial charge in [0.05, 0.1) is 12.7 Å². The number of methoxy groups -OCH3 is 2. The lowest BCUT2D eigenvalue weighted by Crippen LogP contribution is -2.61. The third-order valence-corrected chi connectivity index (χ3v) is 3.79. The maximum absolute atomic E-state index is 12.0. The van der Waals surface area contributed by atoms with Crippen molar-refractivity contribution in [3.63, 3.8) is 0 Å². The predicted molar refractivity (Wildman–Crippen MR) is 89.2 cm³/mol. The number of rotatable bonds is 5. The molecule has 1 aliphatic rings. The molecular formula is C17H26N2O4. The van der Waals surface area contributed by atoms with Crippen LogP contribution in [-0.4, -0.2) is 44.6 Å². The van der Waals surface area contributed by atoms with E-state index < -0.39 is 11.7 Å². The van der Waals surface area contributed by atoms with Crippen molar-refractivity contribution >= 4 is 11.8 Å². The molecule has 6 nitrogen and oxygen atoms in total. The smallest absolute Gasteiger partial charge is 0.412 e. The summed E-state index contributed by atoms with van der Waals surface area (Å²) in [6.07, 6.45) is 0.209. The van der Waals surface area contributed by atoms with Gasteiger partial charge < -0.3 is 19.5 Å². The third kappa shape index (κ3) is 4.59. The summed E-state index contributed by atoms with van der Waals surface area (Å²) in [5, 5.41) is 6.05. The van der Waals surface area contributed by atoms with Crippen molar-refractivity contribution < 1.29 is 19.0 Å². The summed E-state index contributed by atoms with van der Waals surface area (Å²) in [6.45, 7) is 7.07. The normalized spacial score (nSPS) is 16.4. The topological polar surface area (TPSA) is 68.8 Å². The maximum Gasteiger partial charge on any atom is 0.412 e. The number of ether oxygens (including phenoxy) is 3. The monoisotopic (exact) mass is 322 g/mol. The minimum absolute atomic E-state index is 0.239. The van der Waals surface area contributed by atoms with Crippen molar-refractivity contribution in [2.45, 2.75) is 38.4 Å². The number of anilines is 1. The zero-order chi connectivity index (χ0) is 17.1. The Hall–Kier alpha value is -1.79. The van der Waals surface area contributed by atoms with Crippen LogP contribution >= 0.6 is 0 Å². The van der Waals surface area contributed by atoms with E-state index in [1.807, 2.05) is 39.0 Å². The van der Waals surface area contributed by atoms with E-state index in [1.165, 1.54) is 0 Å². The maximum atomic E-state index is 12.0. The second-order valence-electron chi connectivity index (χ2n) is 6.82. The highest BCUT2D eigenvalue weighted by molar-refractivity contribution is 5.86. The zero-order valence-corrected chi connectivity index (χ0v) is 14.5. The Morgan fingerprint density at radius 3 is 2.48 bits per heavy atom. The second kappa shape index (κ2) is 6.76. The lowest BCUT2D eigenvalue weighted by atomic mass is 9.88. The van der Waals surface area contributed by atoms with Gasteiger partial charge in [0.2, 0.25) is 0 Å². The van der Waals surface area contributed by atoms with Crippen LogP contribution in [0.2, 0.25) is 0 Å². The summed E-state index contributed by atoms with van der Waals surface area (Å²) >= 11 is 0. The molecule has 6 heteroatoms. The highest BCUT2D eigenvalue weighted by atomic mass is 16.6. The summed E-state index contributed by atoms with van der Waals surface area (Å²) in [7, 11) is 3.33. The van der Waals surface area contributed by atoms with Gasteiger partial charge in [-0.2, -0.15) is 0 Å². The van der Waals surface area contributed by atoms with Gasteiger partial charge in [0.15, 0.2) is 0 Å². The van der Waals surface area contributed by atoms with Crippen molar-refractivity contribution in [2.75, 3.05) is 32.6 Å². The lowest BCUT2D eigenvalue weighted by molar-refractivity contribution is -0.0501. The molecule has 1 amide bonds. The van der Waals surface area contributed by atoms with Crippen molar-refractivity contribution in [2.24, 2.45) is 0 Å². The lowest BCUT2D eigenvalue weighted by Gasteiger charge is -2.41. The van der Waals surface area contributed by atoms with Gasteiger partial charge in [-0.1, -0.05) is 0 Å². The molecule has 2 N–H and O–H groups in total. The fourth-order valence-corrected chi connectivity index (χ4v) is 2.47. The van der Waals surface area contributed by atoms with E-state index in [4.69, 9.17) is 14.2 Å². The molecule has 2 rings (SSSR count).